The van der Waals surface area contributed by atoms with Gasteiger partial charge in [0.15, 0.2) is 5.54 Å². The van der Waals surface area contributed by atoms with E-state index in [0.29, 0.717) is 5.33 Å². The molecule has 0 saturated carbocycles. The molecule has 1 aliphatic heterocycles. The van der Waals surface area contributed by atoms with Gasteiger partial charge in [-0.25, -0.2) is 0 Å². The zero-order valence-electron chi connectivity index (χ0n) is 8.30. The molecule has 1 rings (SSSR count). The van der Waals surface area contributed by atoms with Crippen LogP contribution in [-0.4, -0.2) is 32.0 Å². The molecule has 0 bridgehead atoms. The SMILES string of the molecule is CC1(C)N([O])C(CBr)=[N+]([O-])C1(C)C. The van der Waals surface area contributed by atoms with Gasteiger partial charge >= 0.3 is 0 Å². The topological polar surface area (TPSA) is 49.2 Å². The number of hydrogen-bond donors (Lipinski definition) is 0. The Morgan fingerprint density at radius 1 is 1.46 bits per heavy atom. The summed E-state index contributed by atoms with van der Waals surface area (Å²) in [6.07, 6.45) is 0. The maximum atomic E-state index is 11.7. The summed E-state index contributed by atoms with van der Waals surface area (Å²) in [7, 11) is 0. The van der Waals surface area contributed by atoms with Crippen LogP contribution in [-0.2, 0) is 5.21 Å². The summed E-state index contributed by atoms with van der Waals surface area (Å²) in [5.41, 5.74) is -1.37. The van der Waals surface area contributed by atoms with E-state index in [4.69, 9.17) is 0 Å². The van der Waals surface area contributed by atoms with Crippen molar-refractivity contribution in [2.45, 2.75) is 38.8 Å². The highest BCUT2D eigenvalue weighted by Gasteiger charge is 2.59. The van der Waals surface area contributed by atoms with Crippen LogP contribution in [0.3, 0.4) is 0 Å². The maximum Gasteiger partial charge on any atom is 0.295 e. The fraction of sp³-hybridized carbons (Fsp3) is 0.875. The number of hydrogen-bond acceptors (Lipinski definition) is 2. The molecule has 0 unspecified atom stereocenters. The lowest BCUT2D eigenvalue weighted by atomic mass is 9.84. The van der Waals surface area contributed by atoms with Crippen molar-refractivity contribution in [2.75, 3.05) is 5.33 Å². The van der Waals surface area contributed by atoms with Crippen LogP contribution in [0.4, 0.5) is 0 Å². The van der Waals surface area contributed by atoms with Crippen LogP contribution in [0.5, 0.6) is 0 Å². The Morgan fingerprint density at radius 3 is 2.08 bits per heavy atom. The predicted molar refractivity (Wildman–Crippen MR) is 53.1 cm³/mol. The van der Waals surface area contributed by atoms with Gasteiger partial charge < -0.3 is 5.21 Å². The van der Waals surface area contributed by atoms with Crippen LogP contribution in [0.15, 0.2) is 0 Å². The Balaban J connectivity index is 3.21. The van der Waals surface area contributed by atoms with Gasteiger partial charge in [0.05, 0.1) is 0 Å². The molecule has 0 saturated heterocycles. The molecular formula is C8H14BrN2O2. The van der Waals surface area contributed by atoms with Crippen molar-refractivity contribution in [3.63, 3.8) is 0 Å². The van der Waals surface area contributed by atoms with E-state index in [1.165, 1.54) is 0 Å². The van der Waals surface area contributed by atoms with Crippen LogP contribution in [0.25, 0.3) is 0 Å². The second kappa shape index (κ2) is 2.85. The molecule has 4 nitrogen and oxygen atoms in total. The smallest absolute Gasteiger partial charge is 0.295 e. The second-order valence-corrected chi connectivity index (χ2v) is 4.82. The van der Waals surface area contributed by atoms with E-state index in [9.17, 15) is 10.4 Å². The van der Waals surface area contributed by atoms with Crippen LogP contribution in [0, 0.1) is 5.21 Å². The summed E-state index contributed by atoms with van der Waals surface area (Å²) < 4.78 is 0.800. The van der Waals surface area contributed by atoms with Crippen molar-refractivity contribution in [1.29, 1.82) is 0 Å². The Bertz CT molecular complexity index is 261. The molecule has 5 heteroatoms. The molecule has 0 aromatic heterocycles. The van der Waals surface area contributed by atoms with E-state index in [-0.39, 0.29) is 5.84 Å². The lowest BCUT2D eigenvalue weighted by molar-refractivity contribution is -0.540. The van der Waals surface area contributed by atoms with Gasteiger partial charge in [0.2, 0.25) is 0 Å². The van der Waals surface area contributed by atoms with E-state index < -0.39 is 11.1 Å². The summed E-state index contributed by atoms with van der Waals surface area (Å²) in [4.78, 5) is 0. The molecule has 0 fully saturated rings. The van der Waals surface area contributed by atoms with Gasteiger partial charge in [0.25, 0.3) is 5.84 Å². The third-order valence-electron chi connectivity index (χ3n) is 3.10. The summed E-state index contributed by atoms with van der Waals surface area (Å²) >= 11 is 3.14. The molecule has 1 heterocycles. The van der Waals surface area contributed by atoms with Crippen molar-refractivity contribution >= 4 is 21.8 Å². The average Bonchev–Trinajstić information content (AvgIpc) is 2.13. The first-order valence-corrected chi connectivity index (χ1v) is 5.25. The molecule has 0 spiro atoms. The van der Waals surface area contributed by atoms with Gasteiger partial charge in [0, 0.05) is 5.21 Å². The molecule has 1 radical (unpaired) electrons. The molecule has 0 N–H and O–H groups in total. The zero-order chi connectivity index (χ0) is 10.4. The molecule has 0 amide bonds. The molecule has 75 valence electrons. The lowest BCUT2D eigenvalue weighted by Gasteiger charge is -2.32. The van der Waals surface area contributed by atoms with Crippen molar-refractivity contribution in [3.8, 4) is 0 Å². The molecule has 1 aliphatic rings. The first-order valence-electron chi connectivity index (χ1n) is 4.13. The molecule has 0 aromatic carbocycles. The van der Waals surface area contributed by atoms with Crippen molar-refractivity contribution in [2.24, 2.45) is 0 Å². The zero-order valence-corrected chi connectivity index (χ0v) is 9.88. The standard InChI is InChI=1S/C8H14BrN2O2/c1-7(2)8(3,4)11(13)6(5-9)10(7)12/h5H2,1-4H3. The van der Waals surface area contributed by atoms with E-state index in [1.807, 2.05) is 0 Å². The Kier molecular flexibility index (Phi) is 2.37. The van der Waals surface area contributed by atoms with E-state index in [2.05, 4.69) is 15.9 Å². The van der Waals surface area contributed by atoms with Gasteiger partial charge in [0.1, 0.15) is 10.9 Å². The molecule has 0 aromatic rings. The Hall–Kier alpha value is -0.290. The minimum absolute atomic E-state index is 0.245. The number of alkyl halides is 1. The summed E-state index contributed by atoms with van der Waals surface area (Å²) in [6.45, 7) is 7.11. The lowest BCUT2D eigenvalue weighted by Crippen LogP contribution is -2.53. The second-order valence-electron chi connectivity index (χ2n) is 4.26. The fourth-order valence-corrected chi connectivity index (χ4v) is 1.79. The highest BCUT2D eigenvalue weighted by molar-refractivity contribution is 9.09. The summed E-state index contributed by atoms with van der Waals surface area (Å²) in [6, 6.07) is 0. The minimum atomic E-state index is -0.683. The van der Waals surface area contributed by atoms with Crippen LogP contribution >= 0.6 is 15.9 Å². The normalized spacial score (nSPS) is 25.5. The summed E-state index contributed by atoms with van der Waals surface area (Å²) in [5, 5.41) is 24.5. The van der Waals surface area contributed by atoms with Gasteiger partial charge in [-0.3, -0.25) is 4.74 Å². The third-order valence-corrected chi connectivity index (χ3v) is 3.60. The number of halogens is 1. The van der Waals surface area contributed by atoms with Gasteiger partial charge in [-0.1, -0.05) is 21.0 Å². The van der Waals surface area contributed by atoms with Gasteiger partial charge in [-0.05, 0) is 27.7 Å². The average molecular weight is 250 g/mol. The van der Waals surface area contributed by atoms with Crippen molar-refractivity contribution in [3.05, 3.63) is 5.21 Å². The third kappa shape index (κ3) is 1.17. The fourth-order valence-electron chi connectivity index (χ4n) is 1.33. The van der Waals surface area contributed by atoms with E-state index in [0.717, 1.165) is 9.80 Å². The predicted octanol–water partition coefficient (Wildman–Crippen LogP) is 1.51. The van der Waals surface area contributed by atoms with Gasteiger partial charge in [-0.2, -0.15) is 0 Å². The highest BCUT2D eigenvalue weighted by Crippen LogP contribution is 2.35. The van der Waals surface area contributed by atoms with Crippen molar-refractivity contribution < 1.29 is 9.95 Å². The molecule has 13 heavy (non-hydrogen) atoms. The van der Waals surface area contributed by atoms with Crippen LogP contribution in [0.2, 0.25) is 0 Å². The van der Waals surface area contributed by atoms with Gasteiger partial charge in [-0.15, -0.1) is 0 Å². The molecule has 0 aliphatic carbocycles. The quantitative estimate of drug-likeness (QED) is 0.402. The highest BCUT2D eigenvalue weighted by atomic mass is 79.9. The largest absolute Gasteiger partial charge is 0.715 e. The first-order chi connectivity index (χ1) is 5.76. The van der Waals surface area contributed by atoms with Crippen LogP contribution < -0.4 is 0 Å². The minimum Gasteiger partial charge on any atom is -0.715 e. The number of amidine groups is 1. The van der Waals surface area contributed by atoms with E-state index >= 15 is 0 Å². The number of rotatable bonds is 1. The number of nitrogens with zero attached hydrogens (tertiary/aromatic N) is 2. The maximum absolute atomic E-state index is 11.7. The summed E-state index contributed by atoms with van der Waals surface area (Å²) in [5.74, 6) is 0.245. The van der Waals surface area contributed by atoms with Crippen molar-refractivity contribution in [1.82, 2.24) is 5.06 Å². The Labute approximate surface area is 86.5 Å². The first kappa shape index (κ1) is 10.8. The molecular weight excluding hydrogens is 236 g/mol. The Morgan fingerprint density at radius 2 is 1.92 bits per heavy atom. The van der Waals surface area contributed by atoms with E-state index in [1.54, 1.807) is 27.7 Å². The number of hydroxylamine groups is 3. The van der Waals surface area contributed by atoms with Crippen LogP contribution in [0.1, 0.15) is 27.7 Å². The monoisotopic (exact) mass is 249 g/mol. The molecule has 0 atom stereocenters.